The van der Waals surface area contributed by atoms with E-state index in [1.807, 2.05) is 41.8 Å². The molecule has 7 nitrogen and oxygen atoms in total. The molecule has 5 aromatic rings. The predicted octanol–water partition coefficient (Wildman–Crippen LogP) is 4.89. The fraction of sp³-hybridized carbons (Fsp3) is 0.0909. The number of nitrogens with zero attached hydrogens (tertiary/aromatic N) is 4. The average molecular weight is 451 g/mol. The number of benzene rings is 2. The minimum absolute atomic E-state index is 0.150. The van der Waals surface area contributed by atoms with Gasteiger partial charge in [0.25, 0.3) is 11.4 Å². The lowest BCUT2D eigenvalue weighted by Gasteiger charge is -2.04. The van der Waals surface area contributed by atoms with Gasteiger partial charge in [-0.05, 0) is 42.0 Å². The van der Waals surface area contributed by atoms with Crippen LogP contribution in [-0.4, -0.2) is 26.8 Å². The highest BCUT2D eigenvalue weighted by atomic mass is 35.5. The second-order valence-electron chi connectivity index (χ2n) is 6.76. The molecule has 0 aliphatic heterocycles. The first-order valence-electron chi connectivity index (χ1n) is 9.32. The van der Waals surface area contributed by atoms with Crippen molar-refractivity contribution in [2.24, 2.45) is 0 Å². The second-order valence-corrected chi connectivity index (χ2v) is 8.05. The summed E-state index contributed by atoms with van der Waals surface area (Å²) < 4.78 is 12.0. The maximum Gasteiger partial charge on any atom is 0.263 e. The van der Waals surface area contributed by atoms with Gasteiger partial charge in [0.1, 0.15) is 10.6 Å². The van der Waals surface area contributed by atoms with Crippen LogP contribution in [0, 0.1) is 0 Å². The fourth-order valence-electron chi connectivity index (χ4n) is 3.24. The molecule has 31 heavy (non-hydrogen) atoms. The van der Waals surface area contributed by atoms with Gasteiger partial charge in [-0.15, -0.1) is 11.3 Å². The van der Waals surface area contributed by atoms with E-state index < -0.39 is 0 Å². The van der Waals surface area contributed by atoms with Crippen molar-refractivity contribution in [2.45, 2.75) is 6.54 Å². The molecule has 3 aromatic heterocycles. The summed E-state index contributed by atoms with van der Waals surface area (Å²) in [6.45, 7) is 0.150. The van der Waals surface area contributed by atoms with E-state index in [0.29, 0.717) is 27.0 Å². The minimum Gasteiger partial charge on any atom is -0.497 e. The van der Waals surface area contributed by atoms with E-state index in [1.165, 1.54) is 22.2 Å². The highest BCUT2D eigenvalue weighted by Crippen LogP contribution is 2.31. The molecule has 0 saturated heterocycles. The summed E-state index contributed by atoms with van der Waals surface area (Å²) in [6.07, 6.45) is 1.51. The maximum atomic E-state index is 13.2. The van der Waals surface area contributed by atoms with Crippen LogP contribution in [0.15, 0.2) is 69.6 Å². The van der Waals surface area contributed by atoms with Crippen molar-refractivity contribution in [1.29, 1.82) is 0 Å². The van der Waals surface area contributed by atoms with Crippen LogP contribution < -0.4 is 10.3 Å². The summed E-state index contributed by atoms with van der Waals surface area (Å²) >= 11 is 7.42. The molecule has 0 saturated carbocycles. The molecule has 0 spiro atoms. The third-order valence-corrected chi connectivity index (χ3v) is 5.97. The van der Waals surface area contributed by atoms with Gasteiger partial charge in [0.2, 0.25) is 0 Å². The monoisotopic (exact) mass is 450 g/mol. The number of halogens is 1. The number of aromatic nitrogens is 4. The number of ether oxygens (including phenoxy) is 1. The van der Waals surface area contributed by atoms with Crippen molar-refractivity contribution >= 4 is 33.2 Å². The summed E-state index contributed by atoms with van der Waals surface area (Å²) in [5, 5.41) is 7.15. The van der Waals surface area contributed by atoms with Crippen LogP contribution in [-0.2, 0) is 6.54 Å². The molecule has 0 aliphatic carbocycles. The van der Waals surface area contributed by atoms with Crippen molar-refractivity contribution in [3.8, 4) is 28.3 Å². The highest BCUT2D eigenvalue weighted by molar-refractivity contribution is 7.17. The number of thiophene rings is 1. The van der Waals surface area contributed by atoms with E-state index in [4.69, 9.17) is 20.9 Å². The van der Waals surface area contributed by atoms with Crippen LogP contribution in [0.1, 0.15) is 5.82 Å². The van der Waals surface area contributed by atoms with E-state index in [0.717, 1.165) is 22.4 Å². The third kappa shape index (κ3) is 3.71. The topological polar surface area (TPSA) is 83.0 Å². The summed E-state index contributed by atoms with van der Waals surface area (Å²) in [5.41, 5.74) is 2.35. The van der Waals surface area contributed by atoms with Crippen LogP contribution in [0.3, 0.4) is 0 Å². The molecule has 5 rings (SSSR count). The number of methoxy groups -OCH3 is 1. The lowest BCUT2D eigenvalue weighted by Crippen LogP contribution is -2.21. The molecule has 3 heterocycles. The largest absolute Gasteiger partial charge is 0.497 e. The Kier molecular flexibility index (Phi) is 5.01. The number of rotatable bonds is 5. The van der Waals surface area contributed by atoms with Crippen molar-refractivity contribution < 1.29 is 9.26 Å². The van der Waals surface area contributed by atoms with Gasteiger partial charge >= 0.3 is 0 Å². The van der Waals surface area contributed by atoms with E-state index >= 15 is 0 Å². The molecular weight excluding hydrogens is 436 g/mol. The standard InChI is InChI=1S/C22H15ClN4O3S/c1-29-16-8-4-14(5-9-16)20-25-18(26-30-20)10-27-12-24-21-19(22(27)28)17(11-31-21)13-2-6-15(23)7-3-13/h2-9,11-12H,10H2,1H3. The second kappa shape index (κ2) is 7.98. The molecule has 0 amide bonds. The zero-order chi connectivity index (χ0) is 21.4. The molecule has 2 aromatic carbocycles. The fourth-order valence-corrected chi connectivity index (χ4v) is 4.28. The van der Waals surface area contributed by atoms with Crippen LogP contribution in [0.2, 0.25) is 5.02 Å². The smallest absolute Gasteiger partial charge is 0.263 e. The average Bonchev–Trinajstić information content (AvgIpc) is 3.44. The molecule has 9 heteroatoms. The molecule has 0 atom stereocenters. The molecule has 0 unspecified atom stereocenters. The summed E-state index contributed by atoms with van der Waals surface area (Å²) in [7, 11) is 1.61. The van der Waals surface area contributed by atoms with Crippen molar-refractivity contribution in [3.63, 3.8) is 0 Å². The zero-order valence-corrected chi connectivity index (χ0v) is 17.9. The number of fused-ring (bicyclic) bond motifs is 1. The Bertz CT molecular complexity index is 1420. The summed E-state index contributed by atoms with van der Waals surface area (Å²) in [6, 6.07) is 14.7. The maximum absolute atomic E-state index is 13.2. The first-order chi connectivity index (χ1) is 15.1. The predicted molar refractivity (Wildman–Crippen MR) is 120 cm³/mol. The Morgan fingerprint density at radius 2 is 1.84 bits per heavy atom. The molecule has 0 radical (unpaired) electrons. The molecule has 154 valence electrons. The quantitative estimate of drug-likeness (QED) is 0.379. The van der Waals surface area contributed by atoms with Gasteiger partial charge in [0.15, 0.2) is 5.82 Å². The molecule has 0 aliphatic rings. The molecule has 0 N–H and O–H groups in total. The van der Waals surface area contributed by atoms with Crippen molar-refractivity contribution in [2.75, 3.05) is 7.11 Å². The van der Waals surface area contributed by atoms with Crippen LogP contribution in [0.4, 0.5) is 0 Å². The van der Waals surface area contributed by atoms with Gasteiger partial charge in [-0.1, -0.05) is 28.9 Å². The van der Waals surface area contributed by atoms with Crippen molar-refractivity contribution in [3.05, 3.63) is 81.4 Å². The SMILES string of the molecule is COc1ccc(-c2nc(Cn3cnc4scc(-c5ccc(Cl)cc5)c4c3=O)no2)cc1. The third-order valence-electron chi connectivity index (χ3n) is 4.83. The van der Waals surface area contributed by atoms with Gasteiger partial charge in [-0.25, -0.2) is 4.98 Å². The van der Waals surface area contributed by atoms with Crippen LogP contribution >= 0.6 is 22.9 Å². The van der Waals surface area contributed by atoms with Gasteiger partial charge in [-0.3, -0.25) is 9.36 Å². The van der Waals surface area contributed by atoms with E-state index in [2.05, 4.69) is 15.1 Å². The minimum atomic E-state index is -0.160. The lowest BCUT2D eigenvalue weighted by atomic mass is 10.1. The van der Waals surface area contributed by atoms with E-state index in [-0.39, 0.29) is 12.1 Å². The zero-order valence-electron chi connectivity index (χ0n) is 16.3. The first kappa shape index (κ1) is 19.5. The summed E-state index contributed by atoms with van der Waals surface area (Å²) in [5.74, 6) is 1.50. The van der Waals surface area contributed by atoms with Gasteiger partial charge < -0.3 is 9.26 Å². The Hall–Kier alpha value is -3.49. The summed E-state index contributed by atoms with van der Waals surface area (Å²) in [4.78, 5) is 22.7. The molecule has 0 fully saturated rings. The van der Waals surface area contributed by atoms with Crippen LogP contribution in [0.5, 0.6) is 5.75 Å². The van der Waals surface area contributed by atoms with Crippen LogP contribution in [0.25, 0.3) is 32.8 Å². The van der Waals surface area contributed by atoms with E-state index in [9.17, 15) is 4.79 Å². The first-order valence-corrected chi connectivity index (χ1v) is 10.6. The van der Waals surface area contributed by atoms with Gasteiger partial charge in [0, 0.05) is 21.5 Å². The Labute approximate surface area is 185 Å². The Balaban J connectivity index is 1.48. The highest BCUT2D eigenvalue weighted by Gasteiger charge is 2.15. The Morgan fingerprint density at radius 1 is 1.10 bits per heavy atom. The number of hydrogen-bond donors (Lipinski definition) is 0. The van der Waals surface area contributed by atoms with Gasteiger partial charge in [-0.2, -0.15) is 4.98 Å². The number of hydrogen-bond acceptors (Lipinski definition) is 7. The molecule has 0 bridgehead atoms. The van der Waals surface area contributed by atoms with Crippen molar-refractivity contribution in [1.82, 2.24) is 19.7 Å². The van der Waals surface area contributed by atoms with Gasteiger partial charge in [0.05, 0.1) is 25.4 Å². The van der Waals surface area contributed by atoms with E-state index in [1.54, 1.807) is 19.2 Å². The lowest BCUT2D eigenvalue weighted by molar-refractivity contribution is 0.413. The normalized spacial score (nSPS) is 11.2. The molecular formula is C22H15ClN4O3S. The Morgan fingerprint density at radius 3 is 2.58 bits per heavy atom.